The molecule has 0 unspecified atom stereocenters. The van der Waals surface area contributed by atoms with Crippen LogP contribution in [-0.2, 0) is 4.79 Å². The predicted octanol–water partition coefficient (Wildman–Crippen LogP) is 2.93. The van der Waals surface area contributed by atoms with Crippen molar-refractivity contribution in [3.05, 3.63) is 48.0 Å². The van der Waals surface area contributed by atoms with Gasteiger partial charge in [-0.1, -0.05) is 12.1 Å². The van der Waals surface area contributed by atoms with Gasteiger partial charge in [0.2, 0.25) is 0 Å². The van der Waals surface area contributed by atoms with Crippen LogP contribution in [0.1, 0.15) is 24.2 Å². The molecule has 0 aliphatic heterocycles. The monoisotopic (exact) mass is 424 g/mol. The van der Waals surface area contributed by atoms with E-state index in [-0.39, 0.29) is 30.3 Å². The number of carbonyl (C=O) groups is 2. The molecule has 2 aromatic rings. The number of amides is 2. The van der Waals surface area contributed by atoms with Gasteiger partial charge in [0.15, 0.2) is 29.6 Å². The van der Waals surface area contributed by atoms with Crippen molar-refractivity contribution in [2.24, 2.45) is 0 Å². The highest BCUT2D eigenvalue weighted by Gasteiger charge is 2.15. The third kappa shape index (κ3) is 6.80. The summed E-state index contributed by atoms with van der Waals surface area (Å²) < 4.78 is 45.2. The van der Waals surface area contributed by atoms with Crippen LogP contribution in [0.3, 0.4) is 0 Å². The second-order valence-electron chi connectivity index (χ2n) is 5.64. The number of carbonyl (C=O) groups excluding carboxylic acids is 2. The molecule has 162 valence electrons. The maximum Gasteiger partial charge on any atom is 0.387 e. The zero-order chi connectivity index (χ0) is 21.9. The summed E-state index contributed by atoms with van der Waals surface area (Å²) in [7, 11) is 0. The van der Waals surface area contributed by atoms with Crippen LogP contribution in [0.4, 0.5) is 8.78 Å². The molecule has 2 rings (SSSR count). The minimum atomic E-state index is -3.03. The molecular weight excluding hydrogens is 402 g/mol. The molecule has 0 aromatic heterocycles. The molecule has 30 heavy (non-hydrogen) atoms. The van der Waals surface area contributed by atoms with Gasteiger partial charge >= 0.3 is 6.61 Å². The number of ether oxygens (including phenoxy) is 4. The number of halogens is 2. The van der Waals surface area contributed by atoms with Crippen LogP contribution < -0.4 is 29.8 Å². The van der Waals surface area contributed by atoms with Crippen LogP contribution in [0.2, 0.25) is 0 Å². The number of rotatable bonds is 10. The molecule has 0 saturated carbocycles. The molecule has 0 spiro atoms. The van der Waals surface area contributed by atoms with Gasteiger partial charge in [-0.05, 0) is 44.2 Å². The summed E-state index contributed by atoms with van der Waals surface area (Å²) in [5, 5.41) is 0. The maximum atomic E-state index is 12.4. The van der Waals surface area contributed by atoms with Crippen molar-refractivity contribution >= 4 is 11.8 Å². The molecule has 2 aromatic carbocycles. The fourth-order valence-corrected chi connectivity index (χ4v) is 2.33. The predicted molar refractivity (Wildman–Crippen MR) is 103 cm³/mol. The lowest BCUT2D eigenvalue weighted by Gasteiger charge is -2.13. The highest BCUT2D eigenvalue weighted by molar-refractivity contribution is 5.96. The van der Waals surface area contributed by atoms with Gasteiger partial charge in [0.25, 0.3) is 11.8 Å². The molecule has 0 radical (unpaired) electrons. The molecule has 10 heteroatoms. The van der Waals surface area contributed by atoms with E-state index in [1.807, 2.05) is 6.92 Å². The van der Waals surface area contributed by atoms with Crippen molar-refractivity contribution in [1.82, 2.24) is 10.9 Å². The number of alkyl halides is 2. The Bertz CT molecular complexity index is 863. The smallest absolute Gasteiger partial charge is 0.387 e. The molecule has 0 saturated heterocycles. The first kappa shape index (κ1) is 22.7. The van der Waals surface area contributed by atoms with E-state index in [1.165, 1.54) is 18.2 Å². The largest absolute Gasteiger partial charge is 0.490 e. The van der Waals surface area contributed by atoms with Crippen LogP contribution in [0.5, 0.6) is 23.0 Å². The minimum absolute atomic E-state index is 0.0207. The van der Waals surface area contributed by atoms with E-state index in [2.05, 4.69) is 15.6 Å². The Morgan fingerprint density at radius 3 is 2.13 bits per heavy atom. The second-order valence-corrected chi connectivity index (χ2v) is 5.64. The van der Waals surface area contributed by atoms with Gasteiger partial charge in [0.1, 0.15) is 0 Å². The number of nitrogens with one attached hydrogen (secondary N) is 2. The average molecular weight is 424 g/mol. The van der Waals surface area contributed by atoms with Crippen LogP contribution >= 0.6 is 0 Å². The summed E-state index contributed by atoms with van der Waals surface area (Å²) in [6.07, 6.45) is 0. The van der Waals surface area contributed by atoms with E-state index in [4.69, 9.17) is 14.2 Å². The first-order chi connectivity index (χ1) is 14.4. The maximum absolute atomic E-state index is 12.4. The summed E-state index contributed by atoms with van der Waals surface area (Å²) in [4.78, 5) is 24.2. The number of hydrogen-bond acceptors (Lipinski definition) is 6. The van der Waals surface area contributed by atoms with Crippen LogP contribution in [0.25, 0.3) is 0 Å². The Hall–Kier alpha value is -3.56. The second kappa shape index (κ2) is 11.4. The SMILES string of the molecule is CCOc1ccccc1OCC(=O)NNC(=O)c1ccc(OC(F)F)c(OCC)c1. The third-order valence-electron chi connectivity index (χ3n) is 3.55. The number of hydrogen-bond donors (Lipinski definition) is 2. The Kier molecular flexibility index (Phi) is 8.67. The van der Waals surface area contributed by atoms with Gasteiger partial charge in [-0.3, -0.25) is 20.4 Å². The van der Waals surface area contributed by atoms with Crippen molar-refractivity contribution < 1.29 is 37.3 Å². The summed E-state index contributed by atoms with van der Waals surface area (Å²) in [5.74, 6) is -0.635. The highest BCUT2D eigenvalue weighted by atomic mass is 19.3. The van der Waals surface area contributed by atoms with Crippen LogP contribution in [0.15, 0.2) is 42.5 Å². The van der Waals surface area contributed by atoms with Crippen molar-refractivity contribution in [1.29, 1.82) is 0 Å². The molecule has 0 atom stereocenters. The molecule has 8 nitrogen and oxygen atoms in total. The van der Waals surface area contributed by atoms with Crippen LogP contribution in [-0.4, -0.2) is 38.2 Å². The quantitative estimate of drug-likeness (QED) is 0.570. The van der Waals surface area contributed by atoms with Gasteiger partial charge in [0.05, 0.1) is 13.2 Å². The van der Waals surface area contributed by atoms with Crippen LogP contribution in [0, 0.1) is 0 Å². The molecule has 2 amide bonds. The van der Waals surface area contributed by atoms with Gasteiger partial charge < -0.3 is 18.9 Å². The summed E-state index contributed by atoms with van der Waals surface area (Å²) in [6.45, 7) is 0.701. The van der Waals surface area contributed by atoms with E-state index in [0.717, 1.165) is 0 Å². The van der Waals surface area contributed by atoms with E-state index in [9.17, 15) is 18.4 Å². The van der Waals surface area contributed by atoms with Gasteiger partial charge in [0, 0.05) is 5.56 Å². The highest BCUT2D eigenvalue weighted by Crippen LogP contribution is 2.30. The molecule has 0 aliphatic rings. The fourth-order valence-electron chi connectivity index (χ4n) is 2.33. The number of para-hydroxylation sites is 2. The lowest BCUT2D eigenvalue weighted by molar-refractivity contribution is -0.123. The Labute approximate surface area is 172 Å². The zero-order valence-corrected chi connectivity index (χ0v) is 16.4. The summed E-state index contributed by atoms with van der Waals surface area (Å²) in [5.41, 5.74) is 4.49. The molecule has 0 bridgehead atoms. The molecule has 0 heterocycles. The van der Waals surface area contributed by atoms with E-state index in [1.54, 1.807) is 31.2 Å². The first-order valence-corrected chi connectivity index (χ1v) is 9.10. The summed E-state index contributed by atoms with van der Waals surface area (Å²) >= 11 is 0. The molecular formula is C20H22F2N2O6. The Morgan fingerprint density at radius 2 is 1.50 bits per heavy atom. The van der Waals surface area contributed by atoms with Crippen molar-refractivity contribution in [2.75, 3.05) is 19.8 Å². The average Bonchev–Trinajstić information content (AvgIpc) is 2.72. The topological polar surface area (TPSA) is 95.1 Å². The summed E-state index contributed by atoms with van der Waals surface area (Å²) in [6, 6.07) is 10.5. The fraction of sp³-hybridized carbons (Fsp3) is 0.300. The first-order valence-electron chi connectivity index (χ1n) is 9.10. The number of hydrazine groups is 1. The lowest BCUT2D eigenvalue weighted by atomic mass is 10.2. The van der Waals surface area contributed by atoms with Gasteiger partial charge in [-0.15, -0.1) is 0 Å². The van der Waals surface area contributed by atoms with Crippen molar-refractivity contribution in [2.45, 2.75) is 20.5 Å². The molecule has 2 N–H and O–H groups in total. The van der Waals surface area contributed by atoms with Gasteiger partial charge in [-0.2, -0.15) is 8.78 Å². The standard InChI is InChI=1S/C20H22F2N2O6/c1-3-27-14-7-5-6-8-15(14)29-12-18(25)23-24-19(26)13-9-10-16(30-20(21)22)17(11-13)28-4-2/h5-11,20H,3-4,12H2,1-2H3,(H,23,25)(H,24,26). The number of benzene rings is 2. The lowest BCUT2D eigenvalue weighted by Crippen LogP contribution is -2.43. The Balaban J connectivity index is 1.92. The van der Waals surface area contributed by atoms with Crippen molar-refractivity contribution in [3.63, 3.8) is 0 Å². The minimum Gasteiger partial charge on any atom is -0.490 e. The third-order valence-corrected chi connectivity index (χ3v) is 3.55. The normalized spacial score (nSPS) is 10.3. The van der Waals surface area contributed by atoms with E-state index in [0.29, 0.717) is 18.1 Å². The zero-order valence-electron chi connectivity index (χ0n) is 16.4. The van der Waals surface area contributed by atoms with Crippen molar-refractivity contribution in [3.8, 4) is 23.0 Å². The van der Waals surface area contributed by atoms with E-state index < -0.39 is 18.4 Å². The van der Waals surface area contributed by atoms with Gasteiger partial charge in [-0.25, -0.2) is 0 Å². The van der Waals surface area contributed by atoms with E-state index >= 15 is 0 Å². The Morgan fingerprint density at radius 1 is 0.867 bits per heavy atom. The molecule has 0 fully saturated rings. The molecule has 0 aliphatic carbocycles.